The normalized spacial score (nSPS) is 27.8. The van der Waals surface area contributed by atoms with E-state index in [0.717, 1.165) is 22.9 Å². The fraction of sp³-hybridized carbons (Fsp3) is 0.500. The minimum absolute atomic E-state index is 0.122. The number of carbonyl (C=O) groups excluding carboxylic acids is 1. The average Bonchev–Trinajstić information content (AvgIpc) is 2.39. The third-order valence-corrected chi connectivity index (χ3v) is 4.35. The van der Waals surface area contributed by atoms with Gasteiger partial charge < -0.3 is 9.84 Å². The number of aliphatic hydroxyl groups is 1. The van der Waals surface area contributed by atoms with Gasteiger partial charge in [0.05, 0.1) is 19.1 Å². The minimum atomic E-state index is -0.396. The van der Waals surface area contributed by atoms with E-state index >= 15 is 0 Å². The molecule has 1 unspecified atom stereocenters. The van der Waals surface area contributed by atoms with Gasteiger partial charge in [0.15, 0.2) is 0 Å². The summed E-state index contributed by atoms with van der Waals surface area (Å²) in [5, 5.41) is 9.74. The van der Waals surface area contributed by atoms with E-state index < -0.39 is 6.10 Å². The van der Waals surface area contributed by atoms with Crippen LogP contribution in [-0.2, 0) is 9.53 Å². The molecule has 0 heterocycles. The molecule has 0 saturated heterocycles. The van der Waals surface area contributed by atoms with Crippen molar-refractivity contribution in [3.8, 4) is 0 Å². The van der Waals surface area contributed by atoms with Gasteiger partial charge in [-0.25, -0.2) is 0 Å². The maximum Gasteiger partial charge on any atom is 0.309 e. The van der Waals surface area contributed by atoms with Gasteiger partial charge in [0.25, 0.3) is 0 Å². The van der Waals surface area contributed by atoms with E-state index in [4.69, 9.17) is 4.74 Å². The first-order chi connectivity index (χ1) is 8.63. The second-order valence-electron chi connectivity index (χ2n) is 4.72. The molecule has 0 bridgehead atoms. The van der Waals surface area contributed by atoms with Crippen LogP contribution in [0.4, 0.5) is 0 Å². The van der Waals surface area contributed by atoms with Crippen molar-refractivity contribution in [3.63, 3.8) is 0 Å². The van der Waals surface area contributed by atoms with Crippen LogP contribution in [0.3, 0.4) is 0 Å². The highest BCUT2D eigenvalue weighted by Gasteiger charge is 2.36. The summed E-state index contributed by atoms with van der Waals surface area (Å²) >= 11 is 3.53. The highest BCUT2D eigenvalue weighted by Crippen LogP contribution is 2.41. The maximum absolute atomic E-state index is 11.9. The quantitative estimate of drug-likeness (QED) is 0.854. The Bertz CT molecular complexity index is 433. The fourth-order valence-corrected chi connectivity index (χ4v) is 3.29. The molecule has 1 N–H and O–H groups in total. The fourth-order valence-electron chi connectivity index (χ4n) is 2.71. The highest BCUT2D eigenvalue weighted by molar-refractivity contribution is 9.10. The van der Waals surface area contributed by atoms with Crippen LogP contribution in [0.5, 0.6) is 0 Å². The topological polar surface area (TPSA) is 46.5 Å². The SMILES string of the molecule is COC(=O)[C@@H]1C[C@H](O)CCC1c1ccccc1Br. The van der Waals surface area contributed by atoms with E-state index in [1.54, 1.807) is 0 Å². The molecule has 0 aromatic heterocycles. The molecule has 1 aromatic carbocycles. The summed E-state index contributed by atoms with van der Waals surface area (Å²) in [7, 11) is 1.40. The molecule has 0 radical (unpaired) electrons. The molecule has 1 fully saturated rings. The third kappa shape index (κ3) is 2.75. The van der Waals surface area contributed by atoms with Crippen LogP contribution in [0.2, 0.25) is 0 Å². The minimum Gasteiger partial charge on any atom is -0.469 e. The van der Waals surface area contributed by atoms with Gasteiger partial charge in [-0.2, -0.15) is 0 Å². The molecule has 1 aliphatic rings. The number of aliphatic hydroxyl groups excluding tert-OH is 1. The second-order valence-corrected chi connectivity index (χ2v) is 5.58. The molecule has 1 aromatic rings. The predicted octanol–water partition coefficient (Wildman–Crippen LogP) is 2.87. The van der Waals surface area contributed by atoms with Gasteiger partial charge in [0.1, 0.15) is 0 Å². The number of hydrogen-bond donors (Lipinski definition) is 1. The van der Waals surface area contributed by atoms with Crippen molar-refractivity contribution in [2.45, 2.75) is 31.3 Å². The first kappa shape index (κ1) is 13.6. The van der Waals surface area contributed by atoms with Crippen molar-refractivity contribution in [1.29, 1.82) is 0 Å². The standard InChI is InChI=1S/C14H17BrO3/c1-18-14(17)12-8-9(16)6-7-10(12)11-4-2-3-5-13(11)15/h2-5,9-10,12,16H,6-8H2,1H3/t9-,10?,12-/m1/s1. The monoisotopic (exact) mass is 312 g/mol. The average molecular weight is 313 g/mol. The lowest BCUT2D eigenvalue weighted by Crippen LogP contribution is -2.33. The van der Waals surface area contributed by atoms with Crippen molar-refractivity contribution >= 4 is 21.9 Å². The van der Waals surface area contributed by atoms with Crippen LogP contribution in [-0.4, -0.2) is 24.3 Å². The van der Waals surface area contributed by atoms with Gasteiger partial charge in [-0.05, 0) is 36.8 Å². The molecule has 1 aliphatic carbocycles. The molecule has 0 amide bonds. The van der Waals surface area contributed by atoms with Gasteiger partial charge in [-0.1, -0.05) is 34.1 Å². The number of benzene rings is 1. The van der Waals surface area contributed by atoms with E-state index in [-0.39, 0.29) is 17.8 Å². The first-order valence-corrected chi connectivity index (χ1v) is 6.93. The van der Waals surface area contributed by atoms with Crippen LogP contribution < -0.4 is 0 Å². The summed E-state index contributed by atoms with van der Waals surface area (Å²) in [5.41, 5.74) is 1.12. The molecular formula is C14H17BrO3. The van der Waals surface area contributed by atoms with Gasteiger partial charge in [0.2, 0.25) is 0 Å². The van der Waals surface area contributed by atoms with Crippen molar-refractivity contribution in [1.82, 2.24) is 0 Å². The van der Waals surface area contributed by atoms with E-state index in [0.29, 0.717) is 6.42 Å². The Hall–Kier alpha value is -0.870. The lowest BCUT2D eigenvalue weighted by atomic mass is 9.74. The van der Waals surface area contributed by atoms with Crippen LogP contribution in [0.25, 0.3) is 0 Å². The Morgan fingerprint density at radius 1 is 1.39 bits per heavy atom. The molecule has 3 atom stereocenters. The largest absolute Gasteiger partial charge is 0.469 e. The highest BCUT2D eigenvalue weighted by atomic mass is 79.9. The zero-order chi connectivity index (χ0) is 13.1. The Labute approximate surface area is 115 Å². The first-order valence-electron chi connectivity index (χ1n) is 6.13. The smallest absolute Gasteiger partial charge is 0.309 e. The summed E-state index contributed by atoms with van der Waals surface area (Å²) in [5.74, 6) is -0.358. The number of methoxy groups -OCH3 is 1. The molecule has 1 saturated carbocycles. The second kappa shape index (κ2) is 5.85. The summed E-state index contributed by atoms with van der Waals surface area (Å²) in [4.78, 5) is 11.9. The Morgan fingerprint density at radius 2 is 2.11 bits per heavy atom. The molecule has 0 aliphatic heterocycles. The maximum atomic E-state index is 11.9. The number of halogens is 1. The van der Waals surface area contributed by atoms with E-state index in [2.05, 4.69) is 15.9 Å². The molecular weight excluding hydrogens is 296 g/mol. The van der Waals surface area contributed by atoms with E-state index in [9.17, 15) is 9.90 Å². The molecule has 98 valence electrons. The van der Waals surface area contributed by atoms with Crippen molar-refractivity contribution in [2.24, 2.45) is 5.92 Å². The van der Waals surface area contributed by atoms with E-state index in [1.807, 2.05) is 24.3 Å². The summed E-state index contributed by atoms with van der Waals surface area (Å²) < 4.78 is 5.88. The molecule has 3 nitrogen and oxygen atoms in total. The van der Waals surface area contributed by atoms with Gasteiger partial charge >= 0.3 is 5.97 Å². The molecule has 4 heteroatoms. The van der Waals surface area contributed by atoms with Crippen molar-refractivity contribution < 1.29 is 14.6 Å². The van der Waals surface area contributed by atoms with Gasteiger partial charge in [-0.15, -0.1) is 0 Å². The van der Waals surface area contributed by atoms with Crippen molar-refractivity contribution in [2.75, 3.05) is 7.11 Å². The Kier molecular flexibility index (Phi) is 4.40. The Balaban J connectivity index is 2.29. The Morgan fingerprint density at radius 3 is 2.78 bits per heavy atom. The van der Waals surface area contributed by atoms with Crippen LogP contribution in [0.15, 0.2) is 28.7 Å². The number of esters is 1. The zero-order valence-electron chi connectivity index (χ0n) is 10.3. The summed E-state index contributed by atoms with van der Waals surface area (Å²) in [6, 6.07) is 7.94. The molecule has 18 heavy (non-hydrogen) atoms. The molecule has 0 spiro atoms. The van der Waals surface area contributed by atoms with Crippen LogP contribution >= 0.6 is 15.9 Å². The molecule has 2 rings (SSSR count). The van der Waals surface area contributed by atoms with Crippen LogP contribution in [0, 0.1) is 5.92 Å². The number of carbonyl (C=O) groups is 1. The van der Waals surface area contributed by atoms with Crippen molar-refractivity contribution in [3.05, 3.63) is 34.3 Å². The van der Waals surface area contributed by atoms with E-state index in [1.165, 1.54) is 7.11 Å². The van der Waals surface area contributed by atoms with Gasteiger partial charge in [0, 0.05) is 4.47 Å². The summed E-state index contributed by atoms with van der Waals surface area (Å²) in [6.07, 6.45) is 1.63. The lowest BCUT2D eigenvalue weighted by molar-refractivity contribution is -0.148. The zero-order valence-corrected chi connectivity index (χ0v) is 11.9. The van der Waals surface area contributed by atoms with Gasteiger partial charge in [-0.3, -0.25) is 4.79 Å². The number of ether oxygens (including phenoxy) is 1. The predicted molar refractivity (Wildman–Crippen MR) is 72.2 cm³/mol. The lowest BCUT2D eigenvalue weighted by Gasteiger charge is -2.33. The third-order valence-electron chi connectivity index (χ3n) is 3.63. The number of rotatable bonds is 2. The van der Waals surface area contributed by atoms with Crippen LogP contribution in [0.1, 0.15) is 30.7 Å². The number of hydrogen-bond acceptors (Lipinski definition) is 3. The summed E-state index contributed by atoms with van der Waals surface area (Å²) in [6.45, 7) is 0.